The van der Waals surface area contributed by atoms with Crippen molar-refractivity contribution in [3.05, 3.63) is 0 Å². The van der Waals surface area contributed by atoms with Gasteiger partial charge in [0, 0.05) is 6.04 Å². The maximum Gasteiger partial charge on any atom is 0.306 e. The smallest absolute Gasteiger partial charge is 0.306 e. The van der Waals surface area contributed by atoms with Gasteiger partial charge < -0.3 is 5.11 Å². The van der Waals surface area contributed by atoms with Crippen LogP contribution in [0.15, 0.2) is 0 Å². The van der Waals surface area contributed by atoms with Gasteiger partial charge in [-0.3, -0.25) is 9.63 Å². The van der Waals surface area contributed by atoms with Crippen molar-refractivity contribution < 1.29 is 14.7 Å². The minimum atomic E-state index is -0.660. The number of hydrogen-bond acceptors (Lipinski definition) is 3. The summed E-state index contributed by atoms with van der Waals surface area (Å²) in [5, 5.41) is 8.97. The number of hydroxylamine groups is 1. The summed E-state index contributed by atoms with van der Waals surface area (Å²) in [6.45, 7) is 0. The van der Waals surface area contributed by atoms with E-state index in [1.807, 2.05) is 0 Å². The van der Waals surface area contributed by atoms with Gasteiger partial charge in [-0.1, -0.05) is 19.3 Å². The summed E-state index contributed by atoms with van der Waals surface area (Å²) in [5.74, 6) is -0.842. The highest BCUT2D eigenvalue weighted by molar-refractivity contribution is 5.70. The van der Waals surface area contributed by atoms with Gasteiger partial charge >= 0.3 is 5.97 Å². The van der Waals surface area contributed by atoms with Crippen molar-refractivity contribution in [3.63, 3.8) is 0 Å². The van der Waals surface area contributed by atoms with E-state index in [4.69, 9.17) is 9.94 Å². The summed E-state index contributed by atoms with van der Waals surface area (Å²) < 4.78 is 0. The van der Waals surface area contributed by atoms with Crippen molar-refractivity contribution in [3.8, 4) is 0 Å². The molecule has 2 fully saturated rings. The highest BCUT2D eigenvalue weighted by Crippen LogP contribution is 2.25. The molecule has 0 aromatic carbocycles. The molecule has 0 amide bonds. The van der Waals surface area contributed by atoms with Gasteiger partial charge in [0.05, 0.1) is 12.0 Å². The van der Waals surface area contributed by atoms with E-state index in [0.717, 1.165) is 32.1 Å². The molecule has 16 heavy (non-hydrogen) atoms. The minimum Gasteiger partial charge on any atom is -0.481 e. The molecule has 2 aliphatic rings. The van der Waals surface area contributed by atoms with Crippen LogP contribution in [0.4, 0.5) is 0 Å². The first-order valence-corrected chi connectivity index (χ1v) is 6.39. The lowest BCUT2D eigenvalue weighted by atomic mass is 9.86. The molecule has 2 atom stereocenters. The number of nitrogens with one attached hydrogen (secondary N) is 1. The Morgan fingerprint density at radius 1 is 1.12 bits per heavy atom. The van der Waals surface area contributed by atoms with Gasteiger partial charge in [0.1, 0.15) is 0 Å². The van der Waals surface area contributed by atoms with Crippen molar-refractivity contribution in [2.24, 2.45) is 5.92 Å². The van der Waals surface area contributed by atoms with Gasteiger partial charge in [0.25, 0.3) is 0 Å². The van der Waals surface area contributed by atoms with Gasteiger partial charge in [-0.05, 0) is 32.1 Å². The Kier molecular flexibility index (Phi) is 4.18. The zero-order chi connectivity index (χ0) is 11.4. The second kappa shape index (κ2) is 5.64. The predicted octanol–water partition coefficient (Wildman–Crippen LogP) is 2.09. The molecule has 0 heterocycles. The molecule has 0 bridgehead atoms. The fourth-order valence-corrected chi connectivity index (χ4v) is 2.72. The second-order valence-corrected chi connectivity index (χ2v) is 5.04. The molecule has 2 saturated carbocycles. The molecule has 92 valence electrons. The SMILES string of the molecule is O=C(O)C1CCCC(NOC2CCCC2)C1. The van der Waals surface area contributed by atoms with E-state index in [1.54, 1.807) is 0 Å². The van der Waals surface area contributed by atoms with Gasteiger partial charge in [-0.15, -0.1) is 0 Å². The number of carboxylic acid groups (broad SMARTS) is 1. The standard InChI is InChI=1S/C12H21NO3/c14-12(15)9-4-3-5-10(8-9)13-16-11-6-1-2-7-11/h9-11,13H,1-8H2,(H,14,15). The lowest BCUT2D eigenvalue weighted by molar-refractivity contribution is -0.144. The Hall–Kier alpha value is -0.610. The lowest BCUT2D eigenvalue weighted by Crippen LogP contribution is -2.38. The molecular weight excluding hydrogens is 206 g/mol. The number of carbonyl (C=O) groups is 1. The predicted molar refractivity (Wildman–Crippen MR) is 59.9 cm³/mol. The van der Waals surface area contributed by atoms with E-state index >= 15 is 0 Å². The van der Waals surface area contributed by atoms with Crippen LogP contribution in [0.1, 0.15) is 51.4 Å². The first kappa shape index (κ1) is 11.9. The molecule has 2 unspecified atom stereocenters. The summed E-state index contributed by atoms with van der Waals surface area (Å²) in [4.78, 5) is 16.5. The first-order valence-electron chi connectivity index (χ1n) is 6.39. The third-order valence-electron chi connectivity index (χ3n) is 3.73. The zero-order valence-electron chi connectivity index (χ0n) is 9.65. The maximum atomic E-state index is 10.9. The van der Waals surface area contributed by atoms with Crippen LogP contribution in [0.2, 0.25) is 0 Å². The Balaban J connectivity index is 1.70. The first-order chi connectivity index (χ1) is 7.75. The van der Waals surface area contributed by atoms with Crippen molar-refractivity contribution in [1.29, 1.82) is 0 Å². The Labute approximate surface area is 96.3 Å². The van der Waals surface area contributed by atoms with Gasteiger partial charge in [0.2, 0.25) is 0 Å². The van der Waals surface area contributed by atoms with E-state index in [-0.39, 0.29) is 12.0 Å². The van der Waals surface area contributed by atoms with Gasteiger partial charge in [0.15, 0.2) is 0 Å². The average molecular weight is 227 g/mol. The van der Waals surface area contributed by atoms with Crippen molar-refractivity contribution >= 4 is 5.97 Å². The van der Waals surface area contributed by atoms with Gasteiger partial charge in [-0.25, -0.2) is 0 Å². The summed E-state index contributed by atoms with van der Waals surface area (Å²) >= 11 is 0. The Morgan fingerprint density at radius 3 is 2.56 bits per heavy atom. The van der Waals surface area contributed by atoms with Crippen LogP contribution in [0, 0.1) is 5.92 Å². The quantitative estimate of drug-likeness (QED) is 0.722. The molecule has 0 aliphatic heterocycles. The summed E-state index contributed by atoms with van der Waals surface area (Å²) in [5.41, 5.74) is 3.09. The highest BCUT2D eigenvalue weighted by atomic mass is 16.7. The Morgan fingerprint density at radius 2 is 1.88 bits per heavy atom. The van der Waals surface area contributed by atoms with Gasteiger partial charge in [-0.2, -0.15) is 5.48 Å². The second-order valence-electron chi connectivity index (χ2n) is 5.04. The van der Waals surface area contributed by atoms with Crippen LogP contribution in [0.3, 0.4) is 0 Å². The molecule has 0 aromatic rings. The molecule has 0 radical (unpaired) electrons. The number of hydrogen-bond donors (Lipinski definition) is 2. The number of rotatable bonds is 4. The highest BCUT2D eigenvalue weighted by Gasteiger charge is 2.27. The van der Waals surface area contributed by atoms with Crippen LogP contribution < -0.4 is 5.48 Å². The lowest BCUT2D eigenvalue weighted by Gasteiger charge is -2.28. The largest absolute Gasteiger partial charge is 0.481 e. The topological polar surface area (TPSA) is 58.6 Å². The average Bonchev–Trinajstić information content (AvgIpc) is 2.79. The third-order valence-corrected chi connectivity index (χ3v) is 3.73. The summed E-state index contributed by atoms with van der Waals surface area (Å²) in [6.07, 6.45) is 8.71. The fraction of sp³-hybridized carbons (Fsp3) is 0.917. The molecule has 0 aromatic heterocycles. The molecule has 4 heteroatoms. The molecule has 2 aliphatic carbocycles. The van der Waals surface area contributed by atoms with Crippen LogP contribution in [-0.2, 0) is 9.63 Å². The molecule has 2 N–H and O–H groups in total. The van der Waals surface area contributed by atoms with E-state index in [1.165, 1.54) is 12.8 Å². The molecule has 2 rings (SSSR count). The van der Waals surface area contributed by atoms with E-state index in [9.17, 15) is 4.79 Å². The van der Waals surface area contributed by atoms with Crippen molar-refractivity contribution in [1.82, 2.24) is 5.48 Å². The van der Waals surface area contributed by atoms with E-state index < -0.39 is 5.97 Å². The van der Waals surface area contributed by atoms with Crippen LogP contribution in [0.5, 0.6) is 0 Å². The minimum absolute atomic E-state index is 0.182. The molecule has 4 nitrogen and oxygen atoms in total. The maximum absolute atomic E-state index is 10.9. The summed E-state index contributed by atoms with van der Waals surface area (Å²) in [7, 11) is 0. The third kappa shape index (κ3) is 3.19. The molecule has 0 spiro atoms. The van der Waals surface area contributed by atoms with Crippen LogP contribution in [-0.4, -0.2) is 23.2 Å². The monoisotopic (exact) mass is 227 g/mol. The van der Waals surface area contributed by atoms with E-state index in [0.29, 0.717) is 12.5 Å². The molecular formula is C12H21NO3. The number of aliphatic carboxylic acids is 1. The fourth-order valence-electron chi connectivity index (χ4n) is 2.72. The summed E-state index contributed by atoms with van der Waals surface area (Å²) in [6, 6.07) is 0.232. The number of carboxylic acids is 1. The molecule has 0 saturated heterocycles. The zero-order valence-corrected chi connectivity index (χ0v) is 9.65. The normalized spacial score (nSPS) is 31.8. The van der Waals surface area contributed by atoms with Crippen molar-refractivity contribution in [2.45, 2.75) is 63.5 Å². The van der Waals surface area contributed by atoms with Crippen molar-refractivity contribution in [2.75, 3.05) is 0 Å². The van der Waals surface area contributed by atoms with E-state index in [2.05, 4.69) is 5.48 Å². The van der Waals surface area contributed by atoms with Crippen LogP contribution >= 0.6 is 0 Å². The Bertz CT molecular complexity index is 238. The van der Waals surface area contributed by atoms with Crippen LogP contribution in [0.25, 0.3) is 0 Å².